The van der Waals surface area contributed by atoms with E-state index in [0.29, 0.717) is 5.82 Å². The molecule has 0 amide bonds. The maximum absolute atomic E-state index is 6.06. The maximum Gasteiger partial charge on any atom is 0.128 e. The number of fused-ring (bicyclic) bond motifs is 1. The van der Waals surface area contributed by atoms with Crippen LogP contribution in [-0.4, -0.2) is 12.1 Å². The SMILES string of the molecule is COc1cccc(SCc2cc3ccccc3nc2N)c1. The Labute approximate surface area is 128 Å². The zero-order chi connectivity index (χ0) is 14.7. The summed E-state index contributed by atoms with van der Waals surface area (Å²) in [7, 11) is 1.68. The Morgan fingerprint density at radius 1 is 1.10 bits per heavy atom. The molecular formula is C17H16N2OS. The van der Waals surface area contributed by atoms with Crippen LogP contribution in [0.3, 0.4) is 0 Å². The number of benzene rings is 2. The van der Waals surface area contributed by atoms with Crippen LogP contribution in [0, 0.1) is 0 Å². The zero-order valence-electron chi connectivity index (χ0n) is 11.7. The first-order chi connectivity index (χ1) is 10.3. The fraction of sp³-hybridized carbons (Fsp3) is 0.118. The van der Waals surface area contributed by atoms with E-state index in [4.69, 9.17) is 10.5 Å². The Kier molecular flexibility index (Phi) is 3.97. The molecule has 0 atom stereocenters. The number of aromatic nitrogens is 1. The number of hydrogen-bond donors (Lipinski definition) is 1. The van der Waals surface area contributed by atoms with E-state index in [0.717, 1.165) is 32.9 Å². The maximum atomic E-state index is 6.06. The standard InChI is InChI=1S/C17H16N2OS/c1-20-14-6-4-7-15(10-14)21-11-13-9-12-5-2-3-8-16(12)19-17(13)18/h2-10H,11H2,1H3,(H2,18,19). The number of rotatable bonds is 4. The van der Waals surface area contributed by atoms with Crippen LogP contribution in [-0.2, 0) is 5.75 Å². The number of pyridine rings is 1. The van der Waals surface area contributed by atoms with Gasteiger partial charge in [-0.2, -0.15) is 0 Å². The molecule has 0 spiro atoms. The summed E-state index contributed by atoms with van der Waals surface area (Å²) in [5.41, 5.74) is 8.05. The van der Waals surface area contributed by atoms with Crippen LogP contribution in [0.25, 0.3) is 10.9 Å². The van der Waals surface area contributed by atoms with E-state index in [1.807, 2.05) is 36.4 Å². The molecule has 1 heterocycles. The molecule has 3 rings (SSSR count). The lowest BCUT2D eigenvalue weighted by molar-refractivity contribution is 0.413. The normalized spacial score (nSPS) is 10.7. The van der Waals surface area contributed by atoms with E-state index in [9.17, 15) is 0 Å². The molecule has 0 saturated heterocycles. The number of nitrogens with zero attached hydrogens (tertiary/aromatic N) is 1. The second kappa shape index (κ2) is 6.06. The molecule has 0 aliphatic rings. The summed E-state index contributed by atoms with van der Waals surface area (Å²) < 4.78 is 5.24. The third kappa shape index (κ3) is 3.11. The van der Waals surface area contributed by atoms with Gasteiger partial charge in [0.2, 0.25) is 0 Å². The largest absolute Gasteiger partial charge is 0.497 e. The van der Waals surface area contributed by atoms with Crippen molar-refractivity contribution in [3.8, 4) is 5.75 Å². The van der Waals surface area contributed by atoms with Crippen LogP contribution in [0.5, 0.6) is 5.75 Å². The molecule has 3 aromatic rings. The number of anilines is 1. The van der Waals surface area contributed by atoms with E-state index < -0.39 is 0 Å². The molecule has 0 saturated carbocycles. The van der Waals surface area contributed by atoms with Crippen LogP contribution < -0.4 is 10.5 Å². The Hall–Kier alpha value is -2.20. The van der Waals surface area contributed by atoms with Gasteiger partial charge in [-0.05, 0) is 30.3 Å². The van der Waals surface area contributed by atoms with Gasteiger partial charge in [-0.25, -0.2) is 4.98 Å². The predicted molar refractivity (Wildman–Crippen MR) is 88.7 cm³/mol. The van der Waals surface area contributed by atoms with E-state index in [1.54, 1.807) is 18.9 Å². The lowest BCUT2D eigenvalue weighted by Crippen LogP contribution is -1.97. The number of para-hydroxylation sites is 1. The first kappa shape index (κ1) is 13.8. The van der Waals surface area contributed by atoms with Gasteiger partial charge in [0.15, 0.2) is 0 Å². The van der Waals surface area contributed by atoms with Crippen molar-refractivity contribution in [2.75, 3.05) is 12.8 Å². The lowest BCUT2D eigenvalue weighted by Gasteiger charge is -2.08. The fourth-order valence-corrected chi connectivity index (χ4v) is 3.07. The van der Waals surface area contributed by atoms with Crippen LogP contribution in [0.2, 0.25) is 0 Å². The molecule has 3 nitrogen and oxygen atoms in total. The van der Waals surface area contributed by atoms with E-state index >= 15 is 0 Å². The highest BCUT2D eigenvalue weighted by molar-refractivity contribution is 7.98. The van der Waals surface area contributed by atoms with E-state index in [-0.39, 0.29) is 0 Å². The fourth-order valence-electron chi connectivity index (χ4n) is 2.14. The Balaban J connectivity index is 1.82. The van der Waals surface area contributed by atoms with Crippen LogP contribution in [0.4, 0.5) is 5.82 Å². The van der Waals surface area contributed by atoms with Gasteiger partial charge in [0.05, 0.1) is 12.6 Å². The molecule has 0 radical (unpaired) electrons. The highest BCUT2D eigenvalue weighted by Crippen LogP contribution is 2.29. The monoisotopic (exact) mass is 296 g/mol. The minimum Gasteiger partial charge on any atom is -0.497 e. The van der Waals surface area contributed by atoms with Crippen molar-refractivity contribution in [3.05, 3.63) is 60.2 Å². The molecule has 1 aromatic heterocycles. The van der Waals surface area contributed by atoms with Gasteiger partial charge in [0.1, 0.15) is 11.6 Å². The van der Waals surface area contributed by atoms with Crippen molar-refractivity contribution in [1.82, 2.24) is 4.98 Å². The first-order valence-corrected chi connectivity index (χ1v) is 7.66. The van der Waals surface area contributed by atoms with Crippen molar-refractivity contribution >= 4 is 28.5 Å². The summed E-state index contributed by atoms with van der Waals surface area (Å²) in [4.78, 5) is 5.62. The molecule has 0 aliphatic carbocycles. The first-order valence-electron chi connectivity index (χ1n) is 6.67. The lowest BCUT2D eigenvalue weighted by atomic mass is 10.1. The Bertz CT molecular complexity index is 774. The van der Waals surface area contributed by atoms with Gasteiger partial charge in [0, 0.05) is 21.6 Å². The average molecular weight is 296 g/mol. The third-order valence-corrected chi connectivity index (χ3v) is 4.31. The summed E-state index contributed by atoms with van der Waals surface area (Å²) in [6.45, 7) is 0. The Morgan fingerprint density at radius 2 is 1.95 bits per heavy atom. The molecule has 0 unspecified atom stereocenters. The van der Waals surface area contributed by atoms with Crippen LogP contribution in [0.15, 0.2) is 59.5 Å². The predicted octanol–water partition coefficient (Wildman–Crippen LogP) is 4.12. The Morgan fingerprint density at radius 3 is 2.81 bits per heavy atom. The van der Waals surface area contributed by atoms with E-state index in [2.05, 4.69) is 23.2 Å². The van der Waals surface area contributed by atoms with Gasteiger partial charge < -0.3 is 10.5 Å². The summed E-state index contributed by atoms with van der Waals surface area (Å²) >= 11 is 1.73. The number of hydrogen-bond acceptors (Lipinski definition) is 4. The average Bonchev–Trinajstić information content (AvgIpc) is 2.53. The molecule has 0 fully saturated rings. The topological polar surface area (TPSA) is 48.1 Å². The molecule has 0 aliphatic heterocycles. The summed E-state index contributed by atoms with van der Waals surface area (Å²) in [5.74, 6) is 2.25. The van der Waals surface area contributed by atoms with Gasteiger partial charge >= 0.3 is 0 Å². The van der Waals surface area contributed by atoms with Crippen molar-refractivity contribution in [2.45, 2.75) is 10.6 Å². The highest BCUT2D eigenvalue weighted by atomic mass is 32.2. The number of nitrogen functional groups attached to an aromatic ring is 1. The second-order valence-electron chi connectivity index (χ2n) is 4.69. The zero-order valence-corrected chi connectivity index (χ0v) is 12.6. The summed E-state index contributed by atoms with van der Waals surface area (Å²) in [5, 5.41) is 1.12. The van der Waals surface area contributed by atoms with Gasteiger partial charge in [-0.15, -0.1) is 11.8 Å². The van der Waals surface area contributed by atoms with Crippen molar-refractivity contribution < 1.29 is 4.74 Å². The minimum absolute atomic E-state index is 0.601. The number of nitrogens with two attached hydrogens (primary N) is 1. The van der Waals surface area contributed by atoms with Crippen molar-refractivity contribution in [3.63, 3.8) is 0 Å². The molecule has 4 heteroatoms. The number of methoxy groups -OCH3 is 1. The second-order valence-corrected chi connectivity index (χ2v) is 5.74. The van der Waals surface area contributed by atoms with Gasteiger partial charge in [-0.1, -0.05) is 24.3 Å². The quantitative estimate of drug-likeness (QED) is 0.736. The molecule has 21 heavy (non-hydrogen) atoms. The van der Waals surface area contributed by atoms with Crippen LogP contribution >= 0.6 is 11.8 Å². The molecule has 106 valence electrons. The van der Waals surface area contributed by atoms with Crippen LogP contribution in [0.1, 0.15) is 5.56 Å². The van der Waals surface area contributed by atoms with Crippen molar-refractivity contribution in [2.24, 2.45) is 0 Å². The summed E-state index contributed by atoms with van der Waals surface area (Å²) in [6.07, 6.45) is 0. The molecule has 0 bridgehead atoms. The van der Waals surface area contributed by atoms with Gasteiger partial charge in [-0.3, -0.25) is 0 Å². The smallest absolute Gasteiger partial charge is 0.128 e. The molecule has 2 aromatic carbocycles. The van der Waals surface area contributed by atoms with Crippen molar-refractivity contribution in [1.29, 1.82) is 0 Å². The minimum atomic E-state index is 0.601. The number of thioether (sulfide) groups is 1. The van der Waals surface area contributed by atoms with Gasteiger partial charge in [0.25, 0.3) is 0 Å². The summed E-state index contributed by atoms with van der Waals surface area (Å²) in [6, 6.07) is 18.2. The third-order valence-electron chi connectivity index (χ3n) is 3.27. The van der Waals surface area contributed by atoms with E-state index in [1.165, 1.54) is 0 Å². The highest BCUT2D eigenvalue weighted by Gasteiger charge is 2.05. The number of ether oxygens (including phenoxy) is 1. The molecule has 2 N–H and O–H groups in total. The molecular weight excluding hydrogens is 280 g/mol.